The smallest absolute Gasteiger partial charge is 0.253 e. The summed E-state index contributed by atoms with van der Waals surface area (Å²) in [6.07, 6.45) is 3.14. The van der Waals surface area contributed by atoms with Gasteiger partial charge in [0.1, 0.15) is 0 Å². The third kappa shape index (κ3) is 4.38. The molecule has 0 aliphatic carbocycles. The van der Waals surface area contributed by atoms with Crippen LogP contribution in [-0.2, 0) is 0 Å². The van der Waals surface area contributed by atoms with Crippen molar-refractivity contribution in [2.24, 2.45) is 0 Å². The van der Waals surface area contributed by atoms with Crippen LogP contribution in [0.25, 0.3) is 0 Å². The number of rotatable bonds is 7. The molecule has 1 N–H and O–H groups in total. The van der Waals surface area contributed by atoms with Gasteiger partial charge in [0, 0.05) is 23.5 Å². The first-order valence-electron chi connectivity index (χ1n) is 7.86. The Bertz CT molecular complexity index is 692. The van der Waals surface area contributed by atoms with Gasteiger partial charge in [-0.2, -0.15) is 0 Å². The molecule has 1 atom stereocenters. The van der Waals surface area contributed by atoms with Crippen LogP contribution in [0.5, 0.6) is 11.5 Å². The normalized spacial score (nSPS) is 11.7. The molecule has 2 aromatic rings. The summed E-state index contributed by atoms with van der Waals surface area (Å²) in [5.74, 6) is 0.999. The summed E-state index contributed by atoms with van der Waals surface area (Å²) in [4.78, 5) is 16.2. The SMILES string of the molecule is CCOc1cc(Cl)c(C(C)NC(=O)c2cccnc2)cc1OCC. The van der Waals surface area contributed by atoms with Gasteiger partial charge in [0.2, 0.25) is 0 Å². The lowest BCUT2D eigenvalue weighted by Gasteiger charge is -2.19. The molecular formula is C18H21ClN2O3. The van der Waals surface area contributed by atoms with E-state index in [1.165, 1.54) is 6.20 Å². The van der Waals surface area contributed by atoms with Gasteiger partial charge in [0.25, 0.3) is 5.91 Å². The summed E-state index contributed by atoms with van der Waals surface area (Å²) < 4.78 is 11.2. The summed E-state index contributed by atoms with van der Waals surface area (Å²) in [5.41, 5.74) is 1.26. The number of amides is 1. The van der Waals surface area contributed by atoms with Crippen molar-refractivity contribution in [1.29, 1.82) is 0 Å². The predicted molar refractivity (Wildman–Crippen MR) is 93.9 cm³/mol. The van der Waals surface area contributed by atoms with E-state index in [1.54, 1.807) is 24.4 Å². The first-order chi connectivity index (χ1) is 11.6. The van der Waals surface area contributed by atoms with Crippen LogP contribution in [0.3, 0.4) is 0 Å². The van der Waals surface area contributed by atoms with Crippen LogP contribution in [0.15, 0.2) is 36.7 Å². The number of pyridine rings is 1. The number of hydrogen-bond donors (Lipinski definition) is 1. The van der Waals surface area contributed by atoms with Gasteiger partial charge >= 0.3 is 0 Å². The first kappa shape index (κ1) is 18.1. The second-order valence-corrected chi connectivity index (χ2v) is 5.53. The molecular weight excluding hydrogens is 328 g/mol. The molecule has 1 aromatic heterocycles. The molecule has 128 valence electrons. The number of nitrogens with one attached hydrogen (secondary N) is 1. The zero-order valence-corrected chi connectivity index (χ0v) is 14.8. The zero-order valence-electron chi connectivity index (χ0n) is 14.0. The first-order valence-corrected chi connectivity index (χ1v) is 8.24. The fourth-order valence-corrected chi connectivity index (χ4v) is 2.59. The fraction of sp³-hybridized carbons (Fsp3) is 0.333. The minimum absolute atomic E-state index is 0.210. The molecule has 5 nitrogen and oxygen atoms in total. The Morgan fingerprint density at radius 3 is 2.50 bits per heavy atom. The number of halogens is 1. The topological polar surface area (TPSA) is 60.5 Å². The van der Waals surface area contributed by atoms with Crippen molar-refractivity contribution in [2.45, 2.75) is 26.8 Å². The molecule has 1 amide bonds. The van der Waals surface area contributed by atoms with Crippen molar-refractivity contribution >= 4 is 17.5 Å². The third-order valence-electron chi connectivity index (χ3n) is 3.40. The molecule has 0 fully saturated rings. The van der Waals surface area contributed by atoms with Gasteiger partial charge in [-0.3, -0.25) is 9.78 Å². The Morgan fingerprint density at radius 1 is 1.25 bits per heavy atom. The molecule has 0 saturated heterocycles. The molecule has 1 unspecified atom stereocenters. The molecule has 0 spiro atoms. The summed E-state index contributed by atoms with van der Waals surface area (Å²) in [7, 11) is 0. The average molecular weight is 349 g/mol. The number of aromatic nitrogens is 1. The predicted octanol–water partition coefficient (Wildman–Crippen LogP) is 4.02. The number of carbonyl (C=O) groups is 1. The van der Waals surface area contributed by atoms with E-state index in [0.717, 1.165) is 5.56 Å². The summed E-state index contributed by atoms with van der Waals surface area (Å²) in [6, 6.07) is 6.67. The van der Waals surface area contributed by atoms with Gasteiger partial charge < -0.3 is 14.8 Å². The maximum absolute atomic E-state index is 12.3. The molecule has 1 heterocycles. The van der Waals surface area contributed by atoms with Crippen molar-refractivity contribution in [2.75, 3.05) is 13.2 Å². The molecule has 6 heteroatoms. The standard InChI is InChI=1S/C18H21ClN2O3/c1-4-23-16-9-14(15(19)10-17(16)24-5-2)12(3)21-18(22)13-7-6-8-20-11-13/h6-12H,4-5H2,1-3H3,(H,21,22). The highest BCUT2D eigenvalue weighted by atomic mass is 35.5. The van der Waals surface area contributed by atoms with Crippen LogP contribution in [0.1, 0.15) is 42.7 Å². The van der Waals surface area contributed by atoms with E-state index in [9.17, 15) is 4.79 Å². The van der Waals surface area contributed by atoms with Crippen LogP contribution in [0.2, 0.25) is 5.02 Å². The zero-order chi connectivity index (χ0) is 17.5. The Morgan fingerprint density at radius 2 is 1.92 bits per heavy atom. The quantitative estimate of drug-likeness (QED) is 0.820. The minimum Gasteiger partial charge on any atom is -0.490 e. The molecule has 2 rings (SSSR count). The number of hydrogen-bond acceptors (Lipinski definition) is 4. The van der Waals surface area contributed by atoms with Gasteiger partial charge in [0.05, 0.1) is 24.8 Å². The van der Waals surface area contributed by atoms with Crippen molar-refractivity contribution in [3.63, 3.8) is 0 Å². The maximum Gasteiger partial charge on any atom is 0.253 e. The summed E-state index contributed by atoms with van der Waals surface area (Å²) in [6.45, 7) is 6.69. The van der Waals surface area contributed by atoms with E-state index in [-0.39, 0.29) is 11.9 Å². The molecule has 0 radical (unpaired) electrons. The Labute approximate surface area is 147 Å². The van der Waals surface area contributed by atoms with Gasteiger partial charge in [-0.1, -0.05) is 11.6 Å². The second-order valence-electron chi connectivity index (χ2n) is 5.12. The van der Waals surface area contributed by atoms with E-state index in [4.69, 9.17) is 21.1 Å². The molecule has 24 heavy (non-hydrogen) atoms. The number of carbonyl (C=O) groups excluding carboxylic acids is 1. The fourth-order valence-electron chi connectivity index (χ4n) is 2.27. The highest BCUT2D eigenvalue weighted by Gasteiger charge is 2.18. The molecule has 1 aromatic carbocycles. The second kappa shape index (κ2) is 8.55. The number of ether oxygens (including phenoxy) is 2. The monoisotopic (exact) mass is 348 g/mol. The lowest BCUT2D eigenvalue weighted by molar-refractivity contribution is 0.0939. The summed E-state index contributed by atoms with van der Waals surface area (Å²) in [5, 5.41) is 3.43. The lowest BCUT2D eigenvalue weighted by Crippen LogP contribution is -2.27. The van der Waals surface area contributed by atoms with Crippen LogP contribution in [0.4, 0.5) is 0 Å². The van der Waals surface area contributed by atoms with E-state index in [1.807, 2.05) is 26.8 Å². The van der Waals surface area contributed by atoms with E-state index in [2.05, 4.69) is 10.3 Å². The Kier molecular flexibility index (Phi) is 6.44. The number of benzene rings is 1. The average Bonchev–Trinajstić information content (AvgIpc) is 2.58. The van der Waals surface area contributed by atoms with Gasteiger partial charge in [-0.05, 0) is 44.5 Å². The van der Waals surface area contributed by atoms with E-state index in [0.29, 0.717) is 35.3 Å². The molecule has 0 bridgehead atoms. The van der Waals surface area contributed by atoms with Crippen molar-refractivity contribution in [3.05, 3.63) is 52.8 Å². The van der Waals surface area contributed by atoms with Crippen molar-refractivity contribution in [1.82, 2.24) is 10.3 Å². The van der Waals surface area contributed by atoms with Gasteiger partial charge in [-0.25, -0.2) is 0 Å². The van der Waals surface area contributed by atoms with Crippen molar-refractivity contribution in [3.8, 4) is 11.5 Å². The van der Waals surface area contributed by atoms with Gasteiger partial charge in [-0.15, -0.1) is 0 Å². The maximum atomic E-state index is 12.3. The van der Waals surface area contributed by atoms with Gasteiger partial charge in [0.15, 0.2) is 11.5 Å². The Hall–Kier alpha value is -2.27. The van der Waals surface area contributed by atoms with Crippen LogP contribution in [0, 0.1) is 0 Å². The van der Waals surface area contributed by atoms with Crippen LogP contribution >= 0.6 is 11.6 Å². The molecule has 0 aliphatic heterocycles. The minimum atomic E-state index is -0.292. The number of nitrogens with zero attached hydrogens (tertiary/aromatic N) is 1. The van der Waals surface area contributed by atoms with Crippen molar-refractivity contribution < 1.29 is 14.3 Å². The van der Waals surface area contributed by atoms with Crippen LogP contribution in [-0.4, -0.2) is 24.1 Å². The molecule has 0 aliphatic rings. The highest BCUT2D eigenvalue weighted by Crippen LogP contribution is 2.36. The highest BCUT2D eigenvalue weighted by molar-refractivity contribution is 6.31. The Balaban J connectivity index is 2.23. The van der Waals surface area contributed by atoms with E-state index < -0.39 is 0 Å². The lowest BCUT2D eigenvalue weighted by atomic mass is 10.1. The third-order valence-corrected chi connectivity index (χ3v) is 3.73. The molecule has 0 saturated carbocycles. The van der Waals surface area contributed by atoms with Crippen LogP contribution < -0.4 is 14.8 Å². The van der Waals surface area contributed by atoms with E-state index >= 15 is 0 Å². The summed E-state index contributed by atoms with van der Waals surface area (Å²) >= 11 is 6.36. The largest absolute Gasteiger partial charge is 0.490 e.